The molecule has 1 aromatic heterocycles. The van der Waals surface area contributed by atoms with Crippen molar-refractivity contribution >= 4 is 0 Å². The summed E-state index contributed by atoms with van der Waals surface area (Å²) in [5.74, 6) is 1.79. The second kappa shape index (κ2) is 4.58. The minimum atomic E-state index is 0.0368. The zero-order valence-corrected chi connectivity index (χ0v) is 9.43. The highest BCUT2D eigenvalue weighted by molar-refractivity contribution is 5.62. The van der Waals surface area contributed by atoms with E-state index in [0.717, 1.165) is 5.56 Å². The van der Waals surface area contributed by atoms with E-state index < -0.39 is 0 Å². The lowest BCUT2D eigenvalue weighted by molar-refractivity contribution is 0.355. The zero-order chi connectivity index (χ0) is 12.3. The Morgan fingerprint density at radius 1 is 1.24 bits per heavy atom. The zero-order valence-electron chi connectivity index (χ0n) is 9.43. The molecule has 0 saturated carbocycles. The average Bonchev–Trinajstić information content (AvgIpc) is 2.86. The number of oxazole rings is 1. The summed E-state index contributed by atoms with van der Waals surface area (Å²) in [6, 6.07) is 7.17. The molecule has 2 rings (SSSR count). The fourth-order valence-corrected chi connectivity index (χ4v) is 1.45. The Balaban J connectivity index is 2.43. The molecule has 0 bridgehead atoms. The first kappa shape index (κ1) is 11.0. The van der Waals surface area contributed by atoms with Gasteiger partial charge in [0.15, 0.2) is 23.3 Å². The summed E-state index contributed by atoms with van der Waals surface area (Å²) in [7, 11) is 3.13. The minimum Gasteiger partial charge on any atom is -0.493 e. The van der Waals surface area contributed by atoms with Gasteiger partial charge >= 0.3 is 5.89 Å². The minimum absolute atomic E-state index is 0.0368. The largest absolute Gasteiger partial charge is 0.493 e. The lowest BCUT2D eigenvalue weighted by atomic mass is 10.1. The molecule has 5 heteroatoms. The number of hydrogen-bond donors (Lipinski definition) is 0. The molecule has 1 aromatic carbocycles. The van der Waals surface area contributed by atoms with Gasteiger partial charge < -0.3 is 13.9 Å². The van der Waals surface area contributed by atoms with E-state index in [-0.39, 0.29) is 5.89 Å². The Bertz CT molecular complexity index is 569. The molecule has 0 spiro atoms. The number of ether oxygens (including phenoxy) is 2. The van der Waals surface area contributed by atoms with E-state index in [9.17, 15) is 0 Å². The summed E-state index contributed by atoms with van der Waals surface area (Å²) in [6.45, 7) is 0. The predicted octanol–water partition coefficient (Wildman–Crippen LogP) is 2.23. The maximum atomic E-state index is 8.63. The maximum Gasteiger partial charge on any atom is 0.301 e. The summed E-state index contributed by atoms with van der Waals surface area (Å²) >= 11 is 0. The van der Waals surface area contributed by atoms with Gasteiger partial charge in [-0.3, -0.25) is 0 Å². The van der Waals surface area contributed by atoms with E-state index in [4.69, 9.17) is 19.2 Å². The lowest BCUT2D eigenvalue weighted by Gasteiger charge is -2.07. The van der Waals surface area contributed by atoms with Crippen LogP contribution in [0.3, 0.4) is 0 Å². The average molecular weight is 230 g/mol. The van der Waals surface area contributed by atoms with Crippen molar-refractivity contribution in [3.8, 4) is 28.9 Å². The summed E-state index contributed by atoms with van der Waals surface area (Å²) < 4.78 is 15.5. The van der Waals surface area contributed by atoms with Crippen LogP contribution in [0.5, 0.6) is 11.5 Å². The van der Waals surface area contributed by atoms with Crippen LogP contribution in [-0.4, -0.2) is 19.2 Å². The molecule has 5 nitrogen and oxygen atoms in total. The van der Waals surface area contributed by atoms with Crippen LogP contribution in [-0.2, 0) is 0 Å². The fourth-order valence-electron chi connectivity index (χ4n) is 1.45. The summed E-state index contributed by atoms with van der Waals surface area (Å²) in [5, 5.41) is 8.63. The maximum absolute atomic E-state index is 8.63. The normalized spacial score (nSPS) is 9.71. The van der Waals surface area contributed by atoms with Crippen LogP contribution in [0.2, 0.25) is 0 Å². The highest BCUT2D eigenvalue weighted by atomic mass is 16.5. The van der Waals surface area contributed by atoms with E-state index in [1.807, 2.05) is 12.1 Å². The number of aromatic nitrogens is 1. The van der Waals surface area contributed by atoms with Gasteiger partial charge in [0, 0.05) is 5.56 Å². The third kappa shape index (κ3) is 2.06. The number of nitrogens with zero attached hydrogens (tertiary/aromatic N) is 2. The van der Waals surface area contributed by atoms with Gasteiger partial charge in [-0.2, -0.15) is 5.26 Å². The van der Waals surface area contributed by atoms with Crippen molar-refractivity contribution in [3.05, 3.63) is 30.3 Å². The van der Waals surface area contributed by atoms with E-state index in [1.165, 1.54) is 6.20 Å². The first-order valence-electron chi connectivity index (χ1n) is 4.87. The molecule has 1 heterocycles. The van der Waals surface area contributed by atoms with Gasteiger partial charge in [-0.1, -0.05) is 0 Å². The van der Waals surface area contributed by atoms with E-state index in [2.05, 4.69) is 4.98 Å². The van der Waals surface area contributed by atoms with Crippen molar-refractivity contribution in [2.45, 2.75) is 0 Å². The van der Waals surface area contributed by atoms with Crippen LogP contribution in [0.4, 0.5) is 0 Å². The molecule has 0 unspecified atom stereocenters. The van der Waals surface area contributed by atoms with E-state index in [0.29, 0.717) is 17.3 Å². The van der Waals surface area contributed by atoms with Crippen LogP contribution in [0.15, 0.2) is 28.8 Å². The van der Waals surface area contributed by atoms with Crippen LogP contribution in [0, 0.1) is 11.3 Å². The van der Waals surface area contributed by atoms with Gasteiger partial charge in [0.05, 0.1) is 20.4 Å². The molecule has 0 saturated heterocycles. The third-order valence-corrected chi connectivity index (χ3v) is 2.27. The second-order valence-corrected chi connectivity index (χ2v) is 3.21. The molecule has 0 N–H and O–H groups in total. The summed E-state index contributed by atoms with van der Waals surface area (Å²) in [5.41, 5.74) is 0.775. The van der Waals surface area contributed by atoms with Crippen LogP contribution >= 0.6 is 0 Å². The first-order chi connectivity index (χ1) is 8.28. The number of hydrogen-bond acceptors (Lipinski definition) is 5. The molecule has 86 valence electrons. The van der Waals surface area contributed by atoms with Crippen molar-refractivity contribution in [2.75, 3.05) is 14.2 Å². The first-order valence-corrected chi connectivity index (χ1v) is 4.87. The molecule has 0 atom stereocenters. The van der Waals surface area contributed by atoms with Crippen molar-refractivity contribution in [1.29, 1.82) is 5.26 Å². The Morgan fingerprint density at radius 2 is 2.00 bits per heavy atom. The highest BCUT2D eigenvalue weighted by Crippen LogP contribution is 2.32. The smallest absolute Gasteiger partial charge is 0.301 e. The van der Waals surface area contributed by atoms with E-state index in [1.54, 1.807) is 26.4 Å². The van der Waals surface area contributed by atoms with Crippen LogP contribution in [0.1, 0.15) is 5.89 Å². The molecular formula is C12H10N2O3. The summed E-state index contributed by atoms with van der Waals surface area (Å²) in [4.78, 5) is 3.81. The molecular weight excluding hydrogens is 220 g/mol. The van der Waals surface area contributed by atoms with Crippen molar-refractivity contribution in [3.63, 3.8) is 0 Å². The molecule has 0 fully saturated rings. The van der Waals surface area contributed by atoms with Gasteiger partial charge in [0.2, 0.25) is 0 Å². The van der Waals surface area contributed by atoms with Gasteiger partial charge in [0.1, 0.15) is 0 Å². The van der Waals surface area contributed by atoms with Gasteiger partial charge in [-0.15, -0.1) is 0 Å². The topological polar surface area (TPSA) is 68.3 Å². The predicted molar refractivity (Wildman–Crippen MR) is 59.8 cm³/mol. The molecule has 0 amide bonds. The molecule has 0 aliphatic rings. The quantitative estimate of drug-likeness (QED) is 0.808. The SMILES string of the molecule is COc1ccc(-c2cnc(C#N)o2)cc1OC. The van der Waals surface area contributed by atoms with Crippen molar-refractivity contribution < 1.29 is 13.9 Å². The summed E-state index contributed by atoms with van der Waals surface area (Å²) in [6.07, 6.45) is 1.50. The number of benzene rings is 1. The second-order valence-electron chi connectivity index (χ2n) is 3.21. The third-order valence-electron chi connectivity index (χ3n) is 2.27. The van der Waals surface area contributed by atoms with Crippen molar-refractivity contribution in [2.24, 2.45) is 0 Å². The molecule has 17 heavy (non-hydrogen) atoms. The van der Waals surface area contributed by atoms with E-state index >= 15 is 0 Å². The Labute approximate surface area is 98.2 Å². The monoisotopic (exact) mass is 230 g/mol. The fraction of sp³-hybridized carbons (Fsp3) is 0.167. The Kier molecular flexibility index (Phi) is 2.97. The van der Waals surface area contributed by atoms with Gasteiger partial charge in [-0.25, -0.2) is 4.98 Å². The molecule has 0 aliphatic heterocycles. The van der Waals surface area contributed by atoms with Gasteiger partial charge in [-0.05, 0) is 18.2 Å². The lowest BCUT2D eigenvalue weighted by Crippen LogP contribution is -1.90. The van der Waals surface area contributed by atoms with Crippen LogP contribution in [0.25, 0.3) is 11.3 Å². The Morgan fingerprint density at radius 3 is 2.59 bits per heavy atom. The number of rotatable bonds is 3. The molecule has 0 radical (unpaired) electrons. The highest BCUT2D eigenvalue weighted by Gasteiger charge is 2.09. The number of nitriles is 1. The standard InChI is InChI=1S/C12H10N2O3/c1-15-9-4-3-8(5-10(9)16-2)11-7-14-12(6-13)17-11/h3-5,7H,1-2H3. The molecule has 2 aromatic rings. The molecule has 0 aliphatic carbocycles. The van der Waals surface area contributed by atoms with Crippen molar-refractivity contribution in [1.82, 2.24) is 4.98 Å². The van der Waals surface area contributed by atoms with Crippen LogP contribution < -0.4 is 9.47 Å². The number of methoxy groups -OCH3 is 2. The van der Waals surface area contributed by atoms with Gasteiger partial charge in [0.25, 0.3) is 0 Å². The Hall–Kier alpha value is -2.48.